The molecule has 344 valence electrons. The molecule has 6 nitrogen and oxygen atoms in total. The van der Waals surface area contributed by atoms with Crippen molar-refractivity contribution in [2.24, 2.45) is 0 Å². The van der Waals surface area contributed by atoms with Crippen molar-refractivity contribution < 1.29 is 28.6 Å². The quantitative estimate of drug-likeness (QED) is 0.116. The SMILES string of the molecule is CCOC(=O)c1c2c(c(C(c3c4c(c(C(=O)OCC)c5c3SC(C)(C)S5)SC(C)(C)S4)c3c4c(c(C(=O)OCC)c5c3SC(C)(C)S5)SC(C)(C)S4)c3c1SC(C)(C)S3)SC(C)(C)S2. The number of thioether (sulfide) groups is 12. The van der Waals surface area contributed by atoms with Crippen molar-refractivity contribution in [3.05, 3.63) is 33.4 Å². The van der Waals surface area contributed by atoms with E-state index in [1.54, 1.807) is 70.6 Å². The predicted octanol–water partition coefficient (Wildman–Crippen LogP) is 17.0. The molecule has 0 aromatic heterocycles. The monoisotopic (exact) mass is 1080 g/mol. The van der Waals surface area contributed by atoms with Crippen LogP contribution >= 0.6 is 141 Å². The minimum Gasteiger partial charge on any atom is -0.462 e. The lowest BCUT2D eigenvalue weighted by atomic mass is 9.83. The van der Waals surface area contributed by atoms with Crippen LogP contribution < -0.4 is 0 Å². The third-order valence-corrected chi connectivity index (χ3v) is 27.7. The van der Waals surface area contributed by atoms with E-state index in [0.29, 0.717) is 16.7 Å². The van der Waals surface area contributed by atoms with Crippen molar-refractivity contribution >= 4 is 159 Å². The molecule has 3 aromatic rings. The first-order chi connectivity index (χ1) is 29.7. The van der Waals surface area contributed by atoms with Crippen LogP contribution in [0, 0.1) is 0 Å². The van der Waals surface area contributed by atoms with Crippen molar-refractivity contribution in [1.29, 1.82) is 0 Å². The number of carbonyl (C=O) groups excluding carboxylic acids is 3. The summed E-state index contributed by atoms with van der Waals surface area (Å²) in [6, 6.07) is 0. The fourth-order valence-electron chi connectivity index (χ4n) is 8.69. The summed E-state index contributed by atoms with van der Waals surface area (Å²) < 4.78 is 16.1. The van der Waals surface area contributed by atoms with E-state index >= 15 is 0 Å². The number of rotatable bonds is 9. The maximum absolute atomic E-state index is 14.4. The predicted molar refractivity (Wildman–Crippen MR) is 283 cm³/mol. The highest BCUT2D eigenvalue weighted by Crippen LogP contribution is 2.75. The molecule has 3 aromatic carbocycles. The van der Waals surface area contributed by atoms with Gasteiger partial charge in [0.2, 0.25) is 0 Å². The first-order valence-corrected chi connectivity index (χ1v) is 31.0. The van der Waals surface area contributed by atoms with Gasteiger partial charge in [-0.05, 0) is 121 Å². The molecule has 0 unspecified atom stereocenters. The summed E-state index contributed by atoms with van der Waals surface area (Å²) in [7, 11) is 0. The van der Waals surface area contributed by atoms with E-state index in [-0.39, 0.29) is 68.1 Å². The molecule has 9 rings (SSSR count). The molecule has 0 atom stereocenters. The molecule has 6 heterocycles. The largest absolute Gasteiger partial charge is 0.462 e. The van der Waals surface area contributed by atoms with Gasteiger partial charge >= 0.3 is 17.9 Å². The zero-order valence-electron chi connectivity index (χ0n) is 38.5. The van der Waals surface area contributed by atoms with Gasteiger partial charge in [0.25, 0.3) is 0 Å². The average Bonchev–Trinajstić information content (AvgIpc) is 3.96. The van der Waals surface area contributed by atoms with Crippen LogP contribution in [0.3, 0.4) is 0 Å². The van der Waals surface area contributed by atoms with Crippen LogP contribution in [0.4, 0.5) is 0 Å². The molecular formula is C46H52O6S12. The van der Waals surface area contributed by atoms with Crippen LogP contribution in [0.15, 0.2) is 58.7 Å². The molecule has 6 aliphatic heterocycles. The van der Waals surface area contributed by atoms with Crippen LogP contribution in [0.5, 0.6) is 0 Å². The van der Waals surface area contributed by atoms with Gasteiger partial charge in [-0.2, -0.15) is 0 Å². The summed E-state index contributed by atoms with van der Waals surface area (Å²) in [5.74, 6) is -1.18. The Hall–Kier alpha value is 0.270. The second-order valence-electron chi connectivity index (χ2n) is 18.5. The Balaban J connectivity index is 1.52. The fraction of sp³-hybridized carbons (Fsp3) is 0.543. The van der Waals surface area contributed by atoms with Gasteiger partial charge in [-0.1, -0.05) is 0 Å². The standard InChI is InChI=1S/C46H52O6S12/c1-16-50-38(47)23-32-26(53-41(4,5)59-32)20(27-33(23)60-42(6,7)54-27)19(21-28-34(61-43(8,9)55-28)24(39(48)51-17-2)35-29(21)56-44(10,11)62-35)22-30-36(63-45(12,13)57-30)25(40(49)52-18-3)37-31(22)58-46(14,15)64-37/h19H,16-18H2,1-15H3. The topological polar surface area (TPSA) is 78.9 Å². The van der Waals surface area contributed by atoms with Crippen molar-refractivity contribution in [1.82, 2.24) is 0 Å². The number of fused-ring (bicyclic) bond motifs is 6. The van der Waals surface area contributed by atoms with E-state index in [1.165, 1.54) is 16.7 Å². The Morgan fingerprint density at radius 2 is 0.484 bits per heavy atom. The van der Waals surface area contributed by atoms with Crippen LogP contribution in [0.1, 0.15) is 158 Å². The van der Waals surface area contributed by atoms with Crippen LogP contribution in [0.2, 0.25) is 0 Å². The minimum absolute atomic E-state index is 0.277. The van der Waals surface area contributed by atoms with Gasteiger partial charge in [-0.15, -0.1) is 141 Å². The molecule has 0 fully saturated rings. The van der Waals surface area contributed by atoms with Crippen molar-refractivity contribution in [2.45, 2.75) is 193 Å². The molecule has 0 saturated carbocycles. The van der Waals surface area contributed by atoms with Gasteiger partial charge in [-0.3, -0.25) is 0 Å². The first-order valence-electron chi connectivity index (χ1n) is 21.2. The molecule has 0 radical (unpaired) electrons. The summed E-state index contributed by atoms with van der Waals surface area (Å²) in [5.41, 5.74) is 5.66. The molecule has 0 bridgehead atoms. The van der Waals surface area contributed by atoms with E-state index in [9.17, 15) is 14.4 Å². The van der Waals surface area contributed by atoms with Crippen molar-refractivity contribution in [3.8, 4) is 0 Å². The molecule has 18 heteroatoms. The lowest BCUT2D eigenvalue weighted by molar-refractivity contribution is 0.0507. The minimum atomic E-state index is -0.353. The van der Waals surface area contributed by atoms with Gasteiger partial charge in [-0.25, -0.2) is 14.4 Å². The average molecular weight is 1090 g/mol. The molecule has 0 aliphatic carbocycles. The number of carbonyl (C=O) groups is 3. The Labute approximate surface area is 429 Å². The zero-order chi connectivity index (χ0) is 46.4. The van der Waals surface area contributed by atoms with Crippen LogP contribution in [-0.4, -0.2) is 62.2 Å². The number of hydrogen-bond donors (Lipinski definition) is 0. The lowest BCUT2D eigenvalue weighted by Crippen LogP contribution is -2.18. The molecular weight excluding hydrogens is 1030 g/mol. The fourth-order valence-corrected chi connectivity index (χ4v) is 26.6. The Kier molecular flexibility index (Phi) is 13.1. The number of hydrogen-bond acceptors (Lipinski definition) is 18. The zero-order valence-corrected chi connectivity index (χ0v) is 48.3. The molecule has 64 heavy (non-hydrogen) atoms. The molecule has 0 N–H and O–H groups in total. The van der Waals surface area contributed by atoms with E-state index in [2.05, 4.69) is 83.1 Å². The maximum atomic E-state index is 14.4. The number of esters is 3. The Morgan fingerprint density at radius 1 is 0.328 bits per heavy atom. The third-order valence-electron chi connectivity index (χ3n) is 10.5. The molecule has 6 aliphatic rings. The number of ether oxygens (including phenoxy) is 3. The van der Waals surface area contributed by atoms with Gasteiger partial charge in [0, 0.05) is 64.7 Å². The third kappa shape index (κ3) is 8.56. The molecule has 0 spiro atoms. The summed E-state index contributed by atoms with van der Waals surface area (Å²) in [4.78, 5) is 56.0. The second kappa shape index (κ2) is 17.0. The van der Waals surface area contributed by atoms with Crippen molar-refractivity contribution in [3.63, 3.8) is 0 Å². The van der Waals surface area contributed by atoms with Gasteiger partial charge in [0.15, 0.2) is 0 Å². The normalized spacial score (nSPS) is 21.6. The van der Waals surface area contributed by atoms with Gasteiger partial charge in [0.05, 0.1) is 61.0 Å². The summed E-state index contributed by atoms with van der Waals surface area (Å²) in [6.45, 7) is 33.6. The maximum Gasteiger partial charge on any atom is 0.340 e. The smallest absolute Gasteiger partial charge is 0.340 e. The second-order valence-corrected chi connectivity index (χ2v) is 39.7. The van der Waals surface area contributed by atoms with E-state index in [4.69, 9.17) is 14.2 Å². The van der Waals surface area contributed by atoms with Crippen LogP contribution in [0.25, 0.3) is 0 Å². The van der Waals surface area contributed by atoms with Gasteiger partial charge in [0.1, 0.15) is 0 Å². The van der Waals surface area contributed by atoms with Crippen LogP contribution in [-0.2, 0) is 14.2 Å². The highest BCUT2D eigenvalue weighted by molar-refractivity contribution is 8.23. The Morgan fingerprint density at radius 3 is 0.641 bits per heavy atom. The highest BCUT2D eigenvalue weighted by atomic mass is 32.2. The highest BCUT2D eigenvalue weighted by Gasteiger charge is 2.54. The number of benzene rings is 3. The van der Waals surface area contributed by atoms with Gasteiger partial charge < -0.3 is 14.2 Å². The lowest BCUT2D eigenvalue weighted by Gasteiger charge is -2.32. The van der Waals surface area contributed by atoms with E-state index < -0.39 is 0 Å². The summed E-state index contributed by atoms with van der Waals surface area (Å²) in [6.07, 6.45) is 0. The molecule has 0 amide bonds. The summed E-state index contributed by atoms with van der Waals surface area (Å²) >= 11 is 21.7. The Bertz CT molecular complexity index is 2180. The first kappa shape index (κ1) is 49.3. The summed E-state index contributed by atoms with van der Waals surface area (Å²) in [5, 5.41) is 0. The van der Waals surface area contributed by atoms with E-state index in [1.807, 2.05) is 91.3 Å². The molecule has 0 saturated heterocycles. The van der Waals surface area contributed by atoms with Crippen molar-refractivity contribution in [2.75, 3.05) is 19.8 Å². The van der Waals surface area contributed by atoms with E-state index in [0.717, 1.165) is 58.7 Å².